The van der Waals surface area contributed by atoms with Gasteiger partial charge in [-0.2, -0.15) is 0 Å². The second-order valence-corrected chi connectivity index (χ2v) is 9.23. The molecule has 0 heterocycles. The zero-order valence-corrected chi connectivity index (χ0v) is 16.7. The minimum absolute atomic E-state index is 0.0541. The number of aryl methyl sites for hydroxylation is 2. The van der Waals surface area contributed by atoms with Gasteiger partial charge in [0.1, 0.15) is 0 Å². The van der Waals surface area contributed by atoms with Crippen molar-refractivity contribution in [1.29, 1.82) is 0 Å². The van der Waals surface area contributed by atoms with E-state index in [0.29, 0.717) is 5.69 Å². The number of anilines is 1. The van der Waals surface area contributed by atoms with Gasteiger partial charge in [0, 0.05) is 5.69 Å². The molecular formula is C20H26N2O3S. The predicted molar refractivity (Wildman–Crippen MR) is 105 cm³/mol. The summed E-state index contributed by atoms with van der Waals surface area (Å²) in [5.74, 6) is -0.410. The first-order chi connectivity index (χ1) is 12.0. The molecule has 0 aliphatic carbocycles. The fourth-order valence-corrected chi connectivity index (χ4v) is 3.51. The summed E-state index contributed by atoms with van der Waals surface area (Å²) in [7, 11) is -3.74. The molecule has 0 spiro atoms. The molecule has 0 saturated carbocycles. The molecule has 2 N–H and O–H groups in total. The van der Waals surface area contributed by atoms with Crippen molar-refractivity contribution in [2.24, 2.45) is 0 Å². The molecule has 6 heteroatoms. The fourth-order valence-electron chi connectivity index (χ4n) is 2.53. The lowest BCUT2D eigenvalue weighted by Gasteiger charge is -2.19. The van der Waals surface area contributed by atoms with E-state index < -0.39 is 15.9 Å². The maximum absolute atomic E-state index is 12.4. The Morgan fingerprint density at radius 1 is 1.00 bits per heavy atom. The van der Waals surface area contributed by atoms with Crippen molar-refractivity contribution in [3.8, 4) is 0 Å². The van der Waals surface area contributed by atoms with Crippen LogP contribution >= 0.6 is 0 Å². The third-order valence-electron chi connectivity index (χ3n) is 4.11. The number of hydrogen-bond donors (Lipinski definition) is 2. The van der Waals surface area contributed by atoms with Crippen LogP contribution in [0.5, 0.6) is 0 Å². The van der Waals surface area contributed by atoms with Crippen LogP contribution in [0, 0.1) is 13.8 Å². The molecule has 0 fully saturated rings. The van der Waals surface area contributed by atoms with Crippen LogP contribution in [0.15, 0.2) is 47.4 Å². The third kappa shape index (κ3) is 5.16. The standard InChI is InChI=1S/C20H26N2O3S/c1-14-6-11-18(15(2)12-14)22-19(23)13-21-26(24,25)17-9-7-16(8-10-17)20(3,4)5/h6-12,21H,13H2,1-5H3,(H,22,23). The minimum Gasteiger partial charge on any atom is -0.325 e. The SMILES string of the molecule is Cc1ccc(NC(=O)CNS(=O)(=O)c2ccc(C(C)(C)C)cc2)c(C)c1. The van der Waals surface area contributed by atoms with Gasteiger partial charge in [-0.05, 0) is 48.6 Å². The molecule has 2 rings (SSSR count). The fraction of sp³-hybridized carbons (Fsp3) is 0.350. The first kappa shape index (κ1) is 20.1. The van der Waals surface area contributed by atoms with Crippen molar-refractivity contribution in [2.75, 3.05) is 11.9 Å². The van der Waals surface area contributed by atoms with E-state index in [1.54, 1.807) is 24.3 Å². The van der Waals surface area contributed by atoms with E-state index in [2.05, 4.69) is 30.8 Å². The lowest BCUT2D eigenvalue weighted by atomic mass is 9.87. The molecule has 0 bridgehead atoms. The summed E-state index contributed by atoms with van der Waals surface area (Å²) in [4.78, 5) is 12.2. The molecule has 5 nitrogen and oxygen atoms in total. The predicted octanol–water partition coefficient (Wildman–Crippen LogP) is 3.52. The van der Waals surface area contributed by atoms with Crippen molar-refractivity contribution in [2.45, 2.75) is 44.9 Å². The highest BCUT2D eigenvalue weighted by atomic mass is 32.2. The zero-order valence-electron chi connectivity index (χ0n) is 15.9. The monoisotopic (exact) mass is 374 g/mol. The van der Waals surface area contributed by atoms with Gasteiger partial charge in [0.15, 0.2) is 0 Å². The van der Waals surface area contributed by atoms with Gasteiger partial charge in [0.05, 0.1) is 11.4 Å². The molecule has 2 aromatic rings. The highest BCUT2D eigenvalue weighted by molar-refractivity contribution is 7.89. The molecule has 0 aliphatic heterocycles. The van der Waals surface area contributed by atoms with Crippen LogP contribution in [0.1, 0.15) is 37.5 Å². The van der Waals surface area contributed by atoms with Crippen molar-refractivity contribution in [3.63, 3.8) is 0 Å². The van der Waals surface area contributed by atoms with Crippen LogP contribution in [0.2, 0.25) is 0 Å². The Balaban J connectivity index is 2.02. The van der Waals surface area contributed by atoms with Gasteiger partial charge in [-0.15, -0.1) is 0 Å². The number of rotatable bonds is 5. The van der Waals surface area contributed by atoms with E-state index >= 15 is 0 Å². The quantitative estimate of drug-likeness (QED) is 0.841. The number of carbonyl (C=O) groups excluding carboxylic acids is 1. The topological polar surface area (TPSA) is 75.3 Å². The maximum Gasteiger partial charge on any atom is 0.241 e. The second kappa shape index (κ2) is 7.60. The Morgan fingerprint density at radius 2 is 1.62 bits per heavy atom. The highest BCUT2D eigenvalue weighted by Gasteiger charge is 2.18. The maximum atomic E-state index is 12.4. The molecule has 0 unspecified atom stereocenters. The van der Waals surface area contributed by atoms with Gasteiger partial charge in [-0.3, -0.25) is 4.79 Å². The first-order valence-electron chi connectivity index (χ1n) is 8.46. The summed E-state index contributed by atoms with van der Waals surface area (Å²) in [5, 5.41) is 2.72. The van der Waals surface area contributed by atoms with Crippen molar-refractivity contribution < 1.29 is 13.2 Å². The molecule has 2 aromatic carbocycles. The van der Waals surface area contributed by atoms with E-state index in [1.165, 1.54) is 0 Å². The molecular weight excluding hydrogens is 348 g/mol. The van der Waals surface area contributed by atoms with Crippen LogP contribution in [-0.4, -0.2) is 20.9 Å². The molecule has 140 valence electrons. The molecule has 1 amide bonds. The normalized spacial score (nSPS) is 12.0. The van der Waals surface area contributed by atoms with Crippen LogP contribution in [-0.2, 0) is 20.2 Å². The van der Waals surface area contributed by atoms with E-state index in [9.17, 15) is 13.2 Å². The first-order valence-corrected chi connectivity index (χ1v) is 9.95. The zero-order chi connectivity index (χ0) is 19.5. The van der Waals surface area contributed by atoms with Gasteiger partial charge in [0.2, 0.25) is 15.9 Å². The van der Waals surface area contributed by atoms with Crippen molar-refractivity contribution in [1.82, 2.24) is 4.72 Å². The molecule has 0 saturated heterocycles. The number of sulfonamides is 1. The number of amides is 1. The summed E-state index contributed by atoms with van der Waals surface area (Å²) in [6, 6.07) is 12.4. The average molecular weight is 375 g/mol. The summed E-state index contributed by atoms with van der Waals surface area (Å²) >= 11 is 0. The average Bonchev–Trinajstić information content (AvgIpc) is 2.55. The van der Waals surface area contributed by atoms with Gasteiger partial charge in [-0.1, -0.05) is 50.6 Å². The van der Waals surface area contributed by atoms with Crippen molar-refractivity contribution >= 4 is 21.6 Å². The molecule has 26 heavy (non-hydrogen) atoms. The minimum atomic E-state index is -3.74. The number of carbonyl (C=O) groups is 1. The van der Waals surface area contributed by atoms with Gasteiger partial charge in [-0.25, -0.2) is 13.1 Å². The summed E-state index contributed by atoms with van der Waals surface area (Å²) in [5.41, 5.74) is 3.69. The summed E-state index contributed by atoms with van der Waals surface area (Å²) in [6.45, 7) is 9.72. The van der Waals surface area contributed by atoms with E-state index in [4.69, 9.17) is 0 Å². The van der Waals surface area contributed by atoms with Crippen LogP contribution in [0.25, 0.3) is 0 Å². The van der Waals surface area contributed by atoms with E-state index in [-0.39, 0.29) is 16.9 Å². The largest absolute Gasteiger partial charge is 0.325 e. The van der Waals surface area contributed by atoms with Crippen LogP contribution in [0.4, 0.5) is 5.69 Å². The van der Waals surface area contributed by atoms with E-state index in [1.807, 2.05) is 32.0 Å². The smallest absolute Gasteiger partial charge is 0.241 e. The second-order valence-electron chi connectivity index (χ2n) is 7.47. The lowest BCUT2D eigenvalue weighted by molar-refractivity contribution is -0.115. The van der Waals surface area contributed by atoms with Gasteiger partial charge < -0.3 is 5.32 Å². The Hall–Kier alpha value is -2.18. The Labute approximate surface area is 155 Å². The number of nitrogens with one attached hydrogen (secondary N) is 2. The van der Waals surface area contributed by atoms with E-state index in [0.717, 1.165) is 16.7 Å². The highest BCUT2D eigenvalue weighted by Crippen LogP contribution is 2.23. The van der Waals surface area contributed by atoms with Gasteiger partial charge in [0.25, 0.3) is 0 Å². The molecule has 0 radical (unpaired) electrons. The number of benzene rings is 2. The van der Waals surface area contributed by atoms with Gasteiger partial charge >= 0.3 is 0 Å². The summed E-state index contributed by atoms with van der Waals surface area (Å²) in [6.07, 6.45) is 0. The lowest BCUT2D eigenvalue weighted by Crippen LogP contribution is -2.33. The molecule has 0 aromatic heterocycles. The molecule has 0 aliphatic rings. The van der Waals surface area contributed by atoms with Crippen LogP contribution in [0.3, 0.4) is 0 Å². The van der Waals surface area contributed by atoms with Crippen LogP contribution < -0.4 is 10.0 Å². The Morgan fingerprint density at radius 3 is 2.15 bits per heavy atom. The Bertz CT molecular complexity index is 896. The number of hydrogen-bond acceptors (Lipinski definition) is 3. The third-order valence-corrected chi connectivity index (χ3v) is 5.53. The Kier molecular flexibility index (Phi) is 5.88. The van der Waals surface area contributed by atoms with Crippen molar-refractivity contribution in [3.05, 3.63) is 59.2 Å². The summed E-state index contributed by atoms with van der Waals surface area (Å²) < 4.78 is 27.1. The molecule has 0 atom stereocenters.